The smallest absolute Gasteiger partial charge is 0.340 e. The number of esters is 1. The number of carbonyl (C=O) groups excluding carboxylic acids is 2. The number of hydrogen-bond donors (Lipinski definition) is 1. The summed E-state index contributed by atoms with van der Waals surface area (Å²) in [5.74, 6) is -1.01. The average Bonchev–Trinajstić information content (AvgIpc) is 2.53. The number of anilines is 1. The normalized spacial score (nSPS) is 10.1. The largest absolute Gasteiger partial charge is 0.452 e. The zero-order valence-electron chi connectivity index (χ0n) is 12.1. The van der Waals surface area contributed by atoms with Crippen LogP contribution in [-0.4, -0.2) is 18.5 Å². The monoisotopic (exact) mass is 317 g/mol. The molecule has 0 heterocycles. The maximum Gasteiger partial charge on any atom is 0.340 e. The van der Waals surface area contributed by atoms with Gasteiger partial charge < -0.3 is 10.1 Å². The molecule has 0 unspecified atom stereocenters. The maximum absolute atomic E-state index is 11.9. The van der Waals surface area contributed by atoms with Crippen LogP contribution in [0.2, 0.25) is 5.02 Å². The van der Waals surface area contributed by atoms with Gasteiger partial charge in [-0.15, -0.1) is 0 Å². The number of halogens is 1. The van der Waals surface area contributed by atoms with Gasteiger partial charge in [0.2, 0.25) is 0 Å². The second kappa shape index (κ2) is 7.61. The summed E-state index contributed by atoms with van der Waals surface area (Å²) in [5, 5.41) is 3.03. The summed E-state index contributed by atoms with van der Waals surface area (Å²) in [6, 6.07) is 14.0. The quantitative estimate of drug-likeness (QED) is 0.855. The third-order valence-corrected chi connectivity index (χ3v) is 3.43. The van der Waals surface area contributed by atoms with E-state index >= 15 is 0 Å². The van der Waals surface area contributed by atoms with Crippen molar-refractivity contribution in [2.24, 2.45) is 0 Å². The Kier molecular flexibility index (Phi) is 5.55. The number of carbonyl (C=O) groups is 2. The van der Waals surface area contributed by atoms with Crippen molar-refractivity contribution in [3.63, 3.8) is 0 Å². The van der Waals surface area contributed by atoms with Gasteiger partial charge in [-0.1, -0.05) is 48.9 Å². The van der Waals surface area contributed by atoms with Crippen LogP contribution in [0.4, 0.5) is 5.69 Å². The van der Waals surface area contributed by atoms with E-state index in [0.29, 0.717) is 5.02 Å². The van der Waals surface area contributed by atoms with Crippen LogP contribution in [0.25, 0.3) is 0 Å². The Labute approximate surface area is 134 Å². The molecule has 0 saturated carbocycles. The lowest BCUT2D eigenvalue weighted by molar-refractivity contribution is -0.119. The summed E-state index contributed by atoms with van der Waals surface area (Å²) in [4.78, 5) is 23.7. The van der Waals surface area contributed by atoms with Crippen molar-refractivity contribution in [1.82, 2.24) is 0 Å². The van der Waals surface area contributed by atoms with E-state index in [1.165, 1.54) is 0 Å². The topological polar surface area (TPSA) is 55.4 Å². The van der Waals surface area contributed by atoms with Gasteiger partial charge in [-0.2, -0.15) is 0 Å². The first-order valence-electron chi connectivity index (χ1n) is 6.91. The molecule has 1 N–H and O–H groups in total. The molecule has 0 aliphatic carbocycles. The number of aryl methyl sites for hydroxylation is 1. The van der Waals surface area contributed by atoms with Crippen molar-refractivity contribution >= 4 is 29.2 Å². The highest BCUT2D eigenvalue weighted by molar-refractivity contribution is 6.33. The molecule has 114 valence electrons. The van der Waals surface area contributed by atoms with E-state index < -0.39 is 5.97 Å². The van der Waals surface area contributed by atoms with E-state index in [1.807, 2.05) is 31.2 Å². The molecule has 22 heavy (non-hydrogen) atoms. The lowest BCUT2D eigenvalue weighted by atomic mass is 10.1. The van der Waals surface area contributed by atoms with Gasteiger partial charge in [-0.05, 0) is 30.2 Å². The minimum absolute atomic E-state index is 0.242. The molecule has 0 radical (unpaired) electrons. The molecule has 2 rings (SSSR count). The van der Waals surface area contributed by atoms with Crippen molar-refractivity contribution < 1.29 is 14.3 Å². The summed E-state index contributed by atoms with van der Waals surface area (Å²) in [5.41, 5.74) is 1.99. The minimum Gasteiger partial charge on any atom is -0.452 e. The molecule has 0 bridgehead atoms. The van der Waals surface area contributed by atoms with Gasteiger partial charge in [-0.25, -0.2) is 4.79 Å². The van der Waals surface area contributed by atoms with E-state index in [9.17, 15) is 9.59 Å². The third-order valence-electron chi connectivity index (χ3n) is 3.10. The Morgan fingerprint density at radius 3 is 2.50 bits per heavy atom. The SMILES string of the molecule is CCc1ccccc1NC(=O)COC(=O)c1ccccc1Cl. The van der Waals surface area contributed by atoms with Crippen LogP contribution in [0.5, 0.6) is 0 Å². The zero-order chi connectivity index (χ0) is 15.9. The van der Waals surface area contributed by atoms with E-state index in [2.05, 4.69) is 5.32 Å². The molecular weight excluding hydrogens is 302 g/mol. The van der Waals surface area contributed by atoms with Crippen LogP contribution >= 0.6 is 11.6 Å². The molecule has 1 amide bonds. The Morgan fingerprint density at radius 2 is 1.77 bits per heavy atom. The van der Waals surface area contributed by atoms with Gasteiger partial charge in [0, 0.05) is 5.69 Å². The van der Waals surface area contributed by atoms with Gasteiger partial charge in [0.05, 0.1) is 10.6 Å². The third kappa shape index (κ3) is 4.09. The standard InChI is InChI=1S/C17H16ClNO3/c1-2-12-7-3-6-10-15(12)19-16(20)11-22-17(21)13-8-4-5-9-14(13)18/h3-10H,2,11H2,1H3,(H,19,20). The van der Waals surface area contributed by atoms with Crippen molar-refractivity contribution in [1.29, 1.82) is 0 Å². The van der Waals surface area contributed by atoms with E-state index in [4.69, 9.17) is 16.3 Å². The first-order valence-corrected chi connectivity index (χ1v) is 7.29. The molecule has 0 saturated heterocycles. The summed E-state index contributed by atoms with van der Waals surface area (Å²) in [7, 11) is 0. The van der Waals surface area contributed by atoms with Crippen LogP contribution in [0.3, 0.4) is 0 Å². The van der Waals surface area contributed by atoms with E-state index in [1.54, 1.807) is 24.3 Å². The number of nitrogens with one attached hydrogen (secondary N) is 1. The summed E-state index contributed by atoms with van der Waals surface area (Å²) in [6.45, 7) is 1.64. The lowest BCUT2D eigenvalue weighted by Gasteiger charge is -2.10. The molecule has 0 aromatic heterocycles. The van der Waals surface area contributed by atoms with Crippen LogP contribution < -0.4 is 5.32 Å². The minimum atomic E-state index is -0.621. The molecule has 2 aromatic rings. The summed E-state index contributed by atoms with van der Waals surface area (Å²) in [6.07, 6.45) is 0.801. The van der Waals surface area contributed by atoms with Crippen LogP contribution in [0, 0.1) is 0 Å². The van der Waals surface area contributed by atoms with Crippen molar-refractivity contribution in [3.8, 4) is 0 Å². The molecule has 0 fully saturated rings. The van der Waals surface area contributed by atoms with Crippen molar-refractivity contribution in [2.45, 2.75) is 13.3 Å². The zero-order valence-corrected chi connectivity index (χ0v) is 12.9. The number of para-hydroxylation sites is 1. The highest BCUT2D eigenvalue weighted by atomic mass is 35.5. The summed E-state index contributed by atoms with van der Waals surface area (Å²) >= 11 is 5.90. The highest BCUT2D eigenvalue weighted by Gasteiger charge is 2.13. The Balaban J connectivity index is 1.93. The van der Waals surface area contributed by atoms with Gasteiger partial charge in [0.25, 0.3) is 5.91 Å². The van der Waals surface area contributed by atoms with Gasteiger partial charge in [0.15, 0.2) is 6.61 Å². The lowest BCUT2D eigenvalue weighted by Crippen LogP contribution is -2.21. The molecule has 0 aliphatic rings. The molecule has 0 spiro atoms. The molecule has 0 atom stereocenters. The molecule has 2 aromatic carbocycles. The predicted octanol–water partition coefficient (Wildman–Crippen LogP) is 3.70. The summed E-state index contributed by atoms with van der Waals surface area (Å²) < 4.78 is 4.98. The average molecular weight is 318 g/mol. The van der Waals surface area contributed by atoms with Crippen molar-refractivity contribution in [3.05, 3.63) is 64.7 Å². The number of hydrogen-bond acceptors (Lipinski definition) is 3. The number of amides is 1. The second-order valence-electron chi connectivity index (χ2n) is 4.61. The molecule has 0 aliphatic heterocycles. The number of ether oxygens (including phenoxy) is 1. The van der Waals surface area contributed by atoms with E-state index in [-0.39, 0.29) is 18.1 Å². The van der Waals surface area contributed by atoms with Gasteiger partial charge in [-0.3, -0.25) is 4.79 Å². The highest BCUT2D eigenvalue weighted by Crippen LogP contribution is 2.17. The maximum atomic E-state index is 11.9. The van der Waals surface area contributed by atoms with Crippen LogP contribution in [0.1, 0.15) is 22.8 Å². The fourth-order valence-corrected chi connectivity index (χ4v) is 2.19. The second-order valence-corrected chi connectivity index (χ2v) is 5.02. The van der Waals surface area contributed by atoms with Crippen LogP contribution in [-0.2, 0) is 16.0 Å². The molecule has 5 heteroatoms. The van der Waals surface area contributed by atoms with Gasteiger partial charge in [0.1, 0.15) is 0 Å². The number of rotatable bonds is 5. The fourth-order valence-electron chi connectivity index (χ4n) is 1.97. The number of benzene rings is 2. The predicted molar refractivity (Wildman–Crippen MR) is 86.2 cm³/mol. The van der Waals surface area contributed by atoms with Crippen molar-refractivity contribution in [2.75, 3.05) is 11.9 Å². The van der Waals surface area contributed by atoms with Crippen LogP contribution in [0.15, 0.2) is 48.5 Å². The van der Waals surface area contributed by atoms with Gasteiger partial charge >= 0.3 is 5.97 Å². The first-order chi connectivity index (χ1) is 10.6. The first kappa shape index (κ1) is 16.0. The molecular formula is C17H16ClNO3. The Hall–Kier alpha value is -2.33. The van der Waals surface area contributed by atoms with E-state index in [0.717, 1.165) is 17.7 Å². The Morgan fingerprint density at radius 1 is 1.09 bits per heavy atom. The fraction of sp³-hybridized carbons (Fsp3) is 0.176. The molecule has 4 nitrogen and oxygen atoms in total. The Bertz CT molecular complexity index is 685.